The summed E-state index contributed by atoms with van der Waals surface area (Å²) in [6.45, 7) is 5.34. The van der Waals surface area contributed by atoms with Crippen LogP contribution in [0.3, 0.4) is 0 Å². The van der Waals surface area contributed by atoms with E-state index in [0.717, 1.165) is 30.2 Å². The van der Waals surface area contributed by atoms with Crippen molar-refractivity contribution in [3.05, 3.63) is 52.7 Å². The van der Waals surface area contributed by atoms with Gasteiger partial charge in [0.2, 0.25) is 0 Å². The van der Waals surface area contributed by atoms with Gasteiger partial charge < -0.3 is 10.1 Å². The van der Waals surface area contributed by atoms with Gasteiger partial charge in [-0.2, -0.15) is 0 Å². The molecule has 106 valence electrons. The zero-order chi connectivity index (χ0) is 14.4. The molecule has 3 nitrogen and oxygen atoms in total. The molecule has 1 heterocycles. The number of anilines is 1. The summed E-state index contributed by atoms with van der Waals surface area (Å²) in [5, 5.41) is 3.80. The Kier molecular flexibility index (Phi) is 5.24. The second kappa shape index (κ2) is 7.15. The molecule has 20 heavy (non-hydrogen) atoms. The van der Waals surface area contributed by atoms with Gasteiger partial charge in [0.05, 0.1) is 10.7 Å². The average Bonchev–Trinajstić information content (AvgIpc) is 2.48. The van der Waals surface area contributed by atoms with Crippen LogP contribution in [0.1, 0.15) is 25.1 Å². The van der Waals surface area contributed by atoms with E-state index in [4.69, 9.17) is 16.3 Å². The van der Waals surface area contributed by atoms with Crippen LogP contribution in [0.25, 0.3) is 0 Å². The summed E-state index contributed by atoms with van der Waals surface area (Å²) in [6, 6.07) is 11.7. The van der Waals surface area contributed by atoms with Gasteiger partial charge in [0, 0.05) is 6.54 Å². The van der Waals surface area contributed by atoms with Gasteiger partial charge in [0.25, 0.3) is 0 Å². The van der Waals surface area contributed by atoms with Gasteiger partial charge >= 0.3 is 0 Å². The fourth-order valence-electron chi connectivity index (χ4n) is 1.95. The Morgan fingerprint density at radius 2 is 1.95 bits per heavy atom. The normalized spacial score (nSPS) is 10.3. The number of aromatic nitrogens is 1. The molecule has 4 heteroatoms. The quantitative estimate of drug-likeness (QED) is 0.861. The van der Waals surface area contributed by atoms with E-state index in [1.54, 1.807) is 0 Å². The molecule has 0 saturated carbocycles. The summed E-state index contributed by atoms with van der Waals surface area (Å²) < 4.78 is 5.85. The number of para-hydroxylation sites is 1. The first-order valence-electron chi connectivity index (χ1n) is 6.84. The molecule has 1 aromatic heterocycles. The summed E-state index contributed by atoms with van der Waals surface area (Å²) in [5.41, 5.74) is 1.93. The number of hydrogen-bond donors (Lipinski definition) is 1. The first-order valence-corrected chi connectivity index (χ1v) is 7.22. The summed E-state index contributed by atoms with van der Waals surface area (Å²) in [7, 11) is 0. The van der Waals surface area contributed by atoms with Crippen molar-refractivity contribution < 1.29 is 4.74 Å². The van der Waals surface area contributed by atoms with Crippen molar-refractivity contribution in [3.8, 4) is 5.75 Å². The maximum absolute atomic E-state index is 6.17. The minimum Gasteiger partial charge on any atom is -0.487 e. The standard InChI is InChI=1S/C16H19ClN2O/c1-3-12-7-5-6-8-15(12)20-11-14-13(17)9-10-16(19-14)18-4-2/h5-10H,3-4,11H2,1-2H3,(H,18,19). The number of halogens is 1. The van der Waals surface area contributed by atoms with Crippen LogP contribution in [-0.2, 0) is 13.0 Å². The van der Waals surface area contributed by atoms with E-state index < -0.39 is 0 Å². The highest BCUT2D eigenvalue weighted by Gasteiger charge is 2.07. The van der Waals surface area contributed by atoms with Gasteiger partial charge in [-0.3, -0.25) is 0 Å². The van der Waals surface area contributed by atoms with Crippen LogP contribution >= 0.6 is 11.6 Å². The van der Waals surface area contributed by atoms with Gasteiger partial charge in [-0.25, -0.2) is 4.98 Å². The van der Waals surface area contributed by atoms with E-state index in [1.165, 1.54) is 5.56 Å². The Hall–Kier alpha value is -1.74. The molecule has 0 amide bonds. The number of hydrogen-bond acceptors (Lipinski definition) is 3. The van der Waals surface area contributed by atoms with E-state index >= 15 is 0 Å². The molecule has 0 saturated heterocycles. The van der Waals surface area contributed by atoms with Crippen molar-refractivity contribution >= 4 is 17.4 Å². The second-order valence-corrected chi connectivity index (χ2v) is 4.81. The summed E-state index contributed by atoms with van der Waals surface area (Å²) in [6.07, 6.45) is 0.939. The van der Waals surface area contributed by atoms with Crippen molar-refractivity contribution in [3.63, 3.8) is 0 Å². The molecular formula is C16H19ClN2O. The van der Waals surface area contributed by atoms with E-state index in [1.807, 2.05) is 37.3 Å². The van der Waals surface area contributed by atoms with E-state index in [0.29, 0.717) is 11.6 Å². The fraction of sp³-hybridized carbons (Fsp3) is 0.312. The molecule has 1 aromatic carbocycles. The molecule has 1 N–H and O–H groups in total. The predicted molar refractivity (Wildman–Crippen MR) is 83.6 cm³/mol. The molecule has 0 fully saturated rings. The lowest BCUT2D eigenvalue weighted by atomic mass is 10.1. The van der Waals surface area contributed by atoms with Crippen molar-refractivity contribution in [1.29, 1.82) is 0 Å². The van der Waals surface area contributed by atoms with Gasteiger partial charge in [-0.05, 0) is 37.1 Å². The SMILES string of the molecule is CCNc1ccc(Cl)c(COc2ccccc2CC)n1. The summed E-state index contributed by atoms with van der Waals surface area (Å²) >= 11 is 6.17. The molecule has 0 radical (unpaired) electrons. The number of pyridine rings is 1. The predicted octanol–water partition coefficient (Wildman–Crippen LogP) is 4.31. The van der Waals surface area contributed by atoms with Crippen molar-refractivity contribution in [2.24, 2.45) is 0 Å². The molecule has 0 bridgehead atoms. The molecule has 0 aliphatic rings. The first kappa shape index (κ1) is 14.7. The Morgan fingerprint density at radius 1 is 1.15 bits per heavy atom. The topological polar surface area (TPSA) is 34.1 Å². The van der Waals surface area contributed by atoms with E-state index in [-0.39, 0.29) is 0 Å². The third kappa shape index (κ3) is 3.64. The van der Waals surface area contributed by atoms with Crippen molar-refractivity contribution in [1.82, 2.24) is 4.98 Å². The lowest BCUT2D eigenvalue weighted by Crippen LogP contribution is -2.05. The lowest BCUT2D eigenvalue weighted by molar-refractivity contribution is 0.298. The van der Waals surface area contributed by atoms with Crippen molar-refractivity contribution in [2.45, 2.75) is 26.9 Å². The zero-order valence-corrected chi connectivity index (χ0v) is 12.6. The molecule has 2 rings (SSSR count). The Morgan fingerprint density at radius 3 is 2.70 bits per heavy atom. The molecule has 0 aliphatic heterocycles. The lowest BCUT2D eigenvalue weighted by Gasteiger charge is -2.12. The number of rotatable bonds is 6. The first-order chi connectivity index (χ1) is 9.74. The zero-order valence-electron chi connectivity index (χ0n) is 11.8. The minimum absolute atomic E-state index is 0.370. The number of aryl methyl sites for hydroxylation is 1. The number of benzene rings is 1. The van der Waals surface area contributed by atoms with Gasteiger partial charge in [-0.1, -0.05) is 36.7 Å². The van der Waals surface area contributed by atoms with Crippen LogP contribution in [-0.4, -0.2) is 11.5 Å². The largest absolute Gasteiger partial charge is 0.487 e. The Bertz CT molecular complexity index is 572. The minimum atomic E-state index is 0.370. The Labute approximate surface area is 124 Å². The maximum Gasteiger partial charge on any atom is 0.132 e. The van der Waals surface area contributed by atoms with Crippen LogP contribution in [0.2, 0.25) is 5.02 Å². The Balaban J connectivity index is 2.12. The maximum atomic E-state index is 6.17. The highest BCUT2D eigenvalue weighted by molar-refractivity contribution is 6.31. The molecule has 0 unspecified atom stereocenters. The molecule has 0 aliphatic carbocycles. The molecule has 0 spiro atoms. The highest BCUT2D eigenvalue weighted by Crippen LogP contribution is 2.22. The molecule has 0 atom stereocenters. The number of ether oxygens (including phenoxy) is 1. The number of nitrogens with one attached hydrogen (secondary N) is 1. The second-order valence-electron chi connectivity index (χ2n) is 4.41. The van der Waals surface area contributed by atoms with E-state index in [2.05, 4.69) is 23.3 Å². The monoisotopic (exact) mass is 290 g/mol. The fourth-order valence-corrected chi connectivity index (χ4v) is 2.11. The van der Waals surface area contributed by atoms with Gasteiger partial charge in [-0.15, -0.1) is 0 Å². The van der Waals surface area contributed by atoms with Crippen LogP contribution in [0.5, 0.6) is 5.75 Å². The van der Waals surface area contributed by atoms with Crippen molar-refractivity contribution in [2.75, 3.05) is 11.9 Å². The molecular weight excluding hydrogens is 272 g/mol. The third-order valence-electron chi connectivity index (χ3n) is 2.99. The number of nitrogens with zero attached hydrogens (tertiary/aromatic N) is 1. The van der Waals surface area contributed by atoms with E-state index in [9.17, 15) is 0 Å². The van der Waals surface area contributed by atoms with Crippen LogP contribution < -0.4 is 10.1 Å². The van der Waals surface area contributed by atoms with Gasteiger partial charge in [0.15, 0.2) is 0 Å². The summed E-state index contributed by atoms with van der Waals surface area (Å²) in [4.78, 5) is 4.46. The highest BCUT2D eigenvalue weighted by atomic mass is 35.5. The smallest absolute Gasteiger partial charge is 0.132 e. The van der Waals surface area contributed by atoms with Crippen LogP contribution in [0, 0.1) is 0 Å². The van der Waals surface area contributed by atoms with Crippen LogP contribution in [0.15, 0.2) is 36.4 Å². The molecule has 2 aromatic rings. The summed E-state index contributed by atoms with van der Waals surface area (Å²) in [5.74, 6) is 1.71. The van der Waals surface area contributed by atoms with Crippen LogP contribution in [0.4, 0.5) is 5.82 Å². The third-order valence-corrected chi connectivity index (χ3v) is 3.34. The average molecular weight is 291 g/mol. The van der Waals surface area contributed by atoms with Gasteiger partial charge in [0.1, 0.15) is 18.2 Å².